The summed E-state index contributed by atoms with van der Waals surface area (Å²) in [4.78, 5) is 14.9. The molecular formula is C16H19BrN2O3S. The summed E-state index contributed by atoms with van der Waals surface area (Å²) < 4.78 is 25.2. The third kappa shape index (κ3) is 6.50. The first-order valence-electron chi connectivity index (χ1n) is 6.91. The van der Waals surface area contributed by atoms with Gasteiger partial charge in [0.1, 0.15) is 0 Å². The van der Waals surface area contributed by atoms with E-state index in [1.54, 1.807) is 43.3 Å². The van der Waals surface area contributed by atoms with Crippen LogP contribution in [-0.4, -0.2) is 32.3 Å². The molecule has 1 aromatic rings. The molecule has 0 heterocycles. The zero-order chi connectivity index (χ0) is 17.3. The number of aliphatic imine (C=N–C) groups is 1. The molecule has 1 atom stereocenters. The number of carbonyl (C=O) groups is 1. The molecule has 0 bridgehead atoms. The lowest BCUT2D eigenvalue weighted by atomic mass is 10.1. The SMILES string of the molecule is C=C/N=C(\C/C=C\CS(=O)(=O)c1ccc(Br)cc1)C(C)NC=O. The van der Waals surface area contributed by atoms with Crippen molar-refractivity contribution in [3.05, 3.63) is 53.7 Å². The smallest absolute Gasteiger partial charge is 0.207 e. The van der Waals surface area contributed by atoms with Crippen LogP contribution in [0.3, 0.4) is 0 Å². The Morgan fingerprint density at radius 3 is 2.57 bits per heavy atom. The summed E-state index contributed by atoms with van der Waals surface area (Å²) in [7, 11) is -3.36. The fourth-order valence-electron chi connectivity index (χ4n) is 1.79. The average molecular weight is 399 g/mol. The number of carbonyl (C=O) groups excluding carboxylic acids is 1. The van der Waals surface area contributed by atoms with E-state index in [-0.39, 0.29) is 16.7 Å². The van der Waals surface area contributed by atoms with Crippen LogP contribution in [0.25, 0.3) is 0 Å². The monoisotopic (exact) mass is 398 g/mol. The summed E-state index contributed by atoms with van der Waals surface area (Å²) in [5.41, 5.74) is 0.699. The van der Waals surface area contributed by atoms with E-state index in [1.807, 2.05) is 0 Å². The largest absolute Gasteiger partial charge is 0.351 e. The van der Waals surface area contributed by atoms with Crippen LogP contribution in [0.4, 0.5) is 0 Å². The third-order valence-electron chi connectivity index (χ3n) is 3.06. The average Bonchev–Trinajstić information content (AvgIpc) is 2.51. The number of halogens is 1. The number of sulfone groups is 1. The first-order chi connectivity index (χ1) is 10.9. The summed E-state index contributed by atoms with van der Waals surface area (Å²) in [6.45, 7) is 5.32. The molecule has 1 amide bonds. The second-order valence-electron chi connectivity index (χ2n) is 4.72. The molecule has 7 heteroatoms. The van der Waals surface area contributed by atoms with Crippen molar-refractivity contribution in [1.82, 2.24) is 5.32 Å². The van der Waals surface area contributed by atoms with Crippen molar-refractivity contribution in [3.63, 3.8) is 0 Å². The van der Waals surface area contributed by atoms with Crippen LogP contribution in [0.5, 0.6) is 0 Å². The molecule has 0 aliphatic heterocycles. The number of benzene rings is 1. The second kappa shape index (κ2) is 9.42. The molecule has 0 saturated carbocycles. The van der Waals surface area contributed by atoms with Gasteiger partial charge in [-0.1, -0.05) is 34.7 Å². The summed E-state index contributed by atoms with van der Waals surface area (Å²) in [5, 5.41) is 2.60. The third-order valence-corrected chi connectivity index (χ3v) is 5.21. The number of hydrogen-bond donors (Lipinski definition) is 1. The van der Waals surface area contributed by atoms with Gasteiger partial charge in [-0.15, -0.1) is 0 Å². The fourth-order valence-corrected chi connectivity index (χ4v) is 3.19. The van der Waals surface area contributed by atoms with Crippen LogP contribution in [0.2, 0.25) is 0 Å². The molecule has 0 aromatic heterocycles. The molecule has 0 radical (unpaired) electrons. The van der Waals surface area contributed by atoms with Gasteiger partial charge in [-0.05, 0) is 31.2 Å². The topological polar surface area (TPSA) is 75.6 Å². The van der Waals surface area contributed by atoms with Gasteiger partial charge in [0.2, 0.25) is 6.41 Å². The lowest BCUT2D eigenvalue weighted by molar-refractivity contribution is -0.109. The van der Waals surface area contributed by atoms with E-state index in [1.165, 1.54) is 6.20 Å². The quantitative estimate of drug-likeness (QED) is 0.394. The second-order valence-corrected chi connectivity index (χ2v) is 7.67. The highest BCUT2D eigenvalue weighted by atomic mass is 79.9. The van der Waals surface area contributed by atoms with Crippen LogP contribution < -0.4 is 5.32 Å². The van der Waals surface area contributed by atoms with Crippen molar-refractivity contribution in [2.45, 2.75) is 24.3 Å². The molecule has 0 aliphatic carbocycles. The van der Waals surface area contributed by atoms with Crippen LogP contribution in [0.15, 0.2) is 63.6 Å². The summed E-state index contributed by atoms with van der Waals surface area (Å²) in [5.74, 6) is -0.0918. The van der Waals surface area contributed by atoms with Gasteiger partial charge in [0.25, 0.3) is 0 Å². The molecule has 0 spiro atoms. The number of nitrogens with one attached hydrogen (secondary N) is 1. The first kappa shape index (κ1) is 19.3. The van der Waals surface area contributed by atoms with Gasteiger partial charge < -0.3 is 5.32 Å². The van der Waals surface area contributed by atoms with Gasteiger partial charge in [-0.3, -0.25) is 9.79 Å². The summed E-state index contributed by atoms with van der Waals surface area (Å²) >= 11 is 3.27. The zero-order valence-electron chi connectivity index (χ0n) is 12.8. The van der Waals surface area contributed by atoms with Gasteiger partial charge in [-0.2, -0.15) is 0 Å². The lowest BCUT2D eigenvalue weighted by Gasteiger charge is -2.11. The molecular weight excluding hydrogens is 380 g/mol. The van der Waals surface area contributed by atoms with E-state index >= 15 is 0 Å². The summed E-state index contributed by atoms with van der Waals surface area (Å²) in [6.07, 6.45) is 5.74. The Hall–Kier alpha value is -1.73. The minimum atomic E-state index is -3.36. The molecule has 5 nitrogen and oxygen atoms in total. The van der Waals surface area contributed by atoms with Crippen LogP contribution in [-0.2, 0) is 14.6 Å². The van der Waals surface area contributed by atoms with E-state index in [9.17, 15) is 13.2 Å². The minimum absolute atomic E-state index is 0.0918. The highest BCUT2D eigenvalue weighted by molar-refractivity contribution is 9.10. The molecule has 23 heavy (non-hydrogen) atoms. The van der Waals surface area contributed by atoms with E-state index < -0.39 is 9.84 Å². The van der Waals surface area contributed by atoms with Crippen LogP contribution >= 0.6 is 15.9 Å². The molecule has 124 valence electrons. The Morgan fingerprint density at radius 2 is 2.00 bits per heavy atom. The van der Waals surface area contributed by atoms with Crippen LogP contribution in [0, 0.1) is 0 Å². The van der Waals surface area contributed by atoms with Crippen molar-refractivity contribution in [2.75, 3.05) is 5.75 Å². The molecule has 0 aliphatic rings. The molecule has 1 aromatic carbocycles. The normalized spacial score (nSPS) is 13.7. The first-order valence-corrected chi connectivity index (χ1v) is 9.35. The molecule has 1 N–H and O–H groups in total. The zero-order valence-corrected chi connectivity index (χ0v) is 15.2. The van der Waals surface area contributed by atoms with E-state index in [4.69, 9.17) is 0 Å². The molecule has 1 rings (SSSR count). The van der Waals surface area contributed by atoms with Gasteiger partial charge in [-0.25, -0.2) is 8.42 Å². The van der Waals surface area contributed by atoms with Crippen molar-refractivity contribution < 1.29 is 13.2 Å². The van der Waals surface area contributed by atoms with Gasteiger partial charge in [0, 0.05) is 22.8 Å². The Balaban J connectivity index is 2.70. The minimum Gasteiger partial charge on any atom is -0.351 e. The lowest BCUT2D eigenvalue weighted by Crippen LogP contribution is -2.32. The number of rotatable bonds is 9. The Kier molecular flexibility index (Phi) is 7.91. The molecule has 0 fully saturated rings. The van der Waals surface area contributed by atoms with E-state index in [2.05, 4.69) is 32.8 Å². The predicted octanol–water partition coefficient (Wildman–Crippen LogP) is 2.89. The number of hydrogen-bond acceptors (Lipinski definition) is 4. The Bertz CT molecular complexity index is 695. The number of nitrogens with zero attached hydrogens (tertiary/aromatic N) is 1. The predicted molar refractivity (Wildman–Crippen MR) is 96.2 cm³/mol. The van der Waals surface area contributed by atoms with E-state index in [0.29, 0.717) is 18.5 Å². The van der Waals surface area contributed by atoms with Crippen molar-refractivity contribution in [2.24, 2.45) is 4.99 Å². The summed E-state index contributed by atoms with van der Waals surface area (Å²) in [6, 6.07) is 6.27. The molecule has 0 saturated heterocycles. The Morgan fingerprint density at radius 1 is 1.35 bits per heavy atom. The highest BCUT2D eigenvalue weighted by Crippen LogP contribution is 2.16. The van der Waals surface area contributed by atoms with Crippen molar-refractivity contribution in [3.8, 4) is 0 Å². The van der Waals surface area contributed by atoms with Gasteiger partial charge in [0.05, 0.1) is 16.7 Å². The maximum atomic E-state index is 12.2. The maximum Gasteiger partial charge on any atom is 0.207 e. The maximum absolute atomic E-state index is 12.2. The highest BCUT2D eigenvalue weighted by Gasteiger charge is 2.12. The van der Waals surface area contributed by atoms with Gasteiger partial charge in [0.15, 0.2) is 9.84 Å². The number of allylic oxidation sites excluding steroid dienone is 1. The Labute approximate surface area is 145 Å². The standard InChI is InChI=1S/C16H19BrN2O3S/c1-3-18-16(13(2)19-12-20)6-4-5-11-23(21,22)15-9-7-14(17)8-10-15/h3-5,7-10,12-13H,1,6,11H2,2H3,(H,19,20)/b5-4-,18-16+. The molecule has 1 unspecified atom stereocenters. The van der Waals surface area contributed by atoms with E-state index in [0.717, 1.165) is 4.47 Å². The number of amides is 1. The van der Waals surface area contributed by atoms with Crippen molar-refractivity contribution >= 4 is 37.9 Å². The van der Waals surface area contributed by atoms with Crippen molar-refractivity contribution in [1.29, 1.82) is 0 Å². The van der Waals surface area contributed by atoms with Crippen LogP contribution in [0.1, 0.15) is 13.3 Å². The fraction of sp³-hybridized carbons (Fsp3) is 0.250. The van der Waals surface area contributed by atoms with Gasteiger partial charge >= 0.3 is 0 Å².